The number of aryl methyl sites for hydroxylation is 3. The molecule has 3 nitrogen and oxygen atoms in total. The SMILES string of the molecule is Cc1cc(C)c(C2C(=O)NC(C)(C3CCCC3)C2=O)c(C)c1. The summed E-state index contributed by atoms with van der Waals surface area (Å²) in [6.45, 7) is 7.98. The van der Waals surface area contributed by atoms with Gasteiger partial charge in [-0.25, -0.2) is 0 Å². The summed E-state index contributed by atoms with van der Waals surface area (Å²) >= 11 is 0. The molecule has 118 valence electrons. The average Bonchev–Trinajstić information content (AvgIpc) is 3.01. The first-order valence-corrected chi connectivity index (χ1v) is 8.28. The minimum atomic E-state index is -0.679. The van der Waals surface area contributed by atoms with Crippen molar-refractivity contribution in [2.24, 2.45) is 5.92 Å². The zero-order chi connectivity index (χ0) is 16.1. The fourth-order valence-corrected chi connectivity index (χ4v) is 4.52. The highest BCUT2D eigenvalue weighted by molar-refractivity contribution is 6.17. The van der Waals surface area contributed by atoms with Crippen molar-refractivity contribution < 1.29 is 9.59 Å². The van der Waals surface area contributed by atoms with Crippen LogP contribution in [0.25, 0.3) is 0 Å². The molecule has 2 fully saturated rings. The first-order valence-electron chi connectivity index (χ1n) is 8.28. The van der Waals surface area contributed by atoms with Crippen LogP contribution >= 0.6 is 0 Å². The molecule has 2 unspecified atom stereocenters. The molecule has 2 atom stereocenters. The van der Waals surface area contributed by atoms with Gasteiger partial charge in [-0.2, -0.15) is 0 Å². The second-order valence-electron chi connectivity index (χ2n) is 7.28. The zero-order valence-corrected chi connectivity index (χ0v) is 14.0. The first-order chi connectivity index (χ1) is 10.3. The molecule has 0 bridgehead atoms. The van der Waals surface area contributed by atoms with Gasteiger partial charge in [-0.1, -0.05) is 30.5 Å². The van der Waals surface area contributed by atoms with Gasteiger partial charge < -0.3 is 5.32 Å². The van der Waals surface area contributed by atoms with Crippen LogP contribution in [0.5, 0.6) is 0 Å². The Hall–Kier alpha value is -1.64. The van der Waals surface area contributed by atoms with Crippen molar-refractivity contribution in [1.29, 1.82) is 0 Å². The van der Waals surface area contributed by atoms with Crippen molar-refractivity contribution in [3.05, 3.63) is 34.4 Å². The number of carbonyl (C=O) groups excluding carboxylic acids is 2. The molecule has 2 aliphatic rings. The predicted octanol–water partition coefficient (Wildman–Crippen LogP) is 3.34. The van der Waals surface area contributed by atoms with Crippen LogP contribution in [0.4, 0.5) is 0 Å². The molecule has 1 aliphatic carbocycles. The normalized spacial score (nSPS) is 29.2. The van der Waals surface area contributed by atoms with Crippen LogP contribution in [-0.4, -0.2) is 17.2 Å². The number of hydrogen-bond acceptors (Lipinski definition) is 2. The smallest absolute Gasteiger partial charge is 0.235 e. The van der Waals surface area contributed by atoms with E-state index in [9.17, 15) is 9.59 Å². The maximum Gasteiger partial charge on any atom is 0.235 e. The largest absolute Gasteiger partial charge is 0.343 e. The highest BCUT2D eigenvalue weighted by Gasteiger charge is 2.54. The number of carbonyl (C=O) groups is 2. The molecule has 1 aromatic rings. The number of ketones is 1. The maximum absolute atomic E-state index is 13.1. The van der Waals surface area contributed by atoms with Crippen LogP contribution in [0.3, 0.4) is 0 Å². The lowest BCUT2D eigenvalue weighted by atomic mass is 9.77. The Bertz CT molecular complexity index is 620. The maximum atomic E-state index is 13.1. The molecule has 1 heterocycles. The van der Waals surface area contributed by atoms with Crippen molar-refractivity contribution in [2.45, 2.75) is 64.8 Å². The van der Waals surface area contributed by atoms with Crippen LogP contribution < -0.4 is 5.32 Å². The molecular formula is C19H25NO2. The average molecular weight is 299 g/mol. The molecule has 1 aromatic carbocycles. The van der Waals surface area contributed by atoms with Crippen LogP contribution in [0.2, 0.25) is 0 Å². The summed E-state index contributed by atoms with van der Waals surface area (Å²) in [7, 11) is 0. The second kappa shape index (κ2) is 5.22. The molecule has 1 amide bonds. The number of amides is 1. The monoisotopic (exact) mass is 299 g/mol. The quantitative estimate of drug-likeness (QED) is 0.851. The molecule has 1 saturated carbocycles. The van der Waals surface area contributed by atoms with Crippen molar-refractivity contribution >= 4 is 11.7 Å². The Morgan fingerprint density at radius 2 is 1.59 bits per heavy atom. The van der Waals surface area contributed by atoms with Gasteiger partial charge in [0.25, 0.3) is 0 Å². The summed E-state index contributed by atoms with van der Waals surface area (Å²) in [5.41, 5.74) is 3.49. The van der Waals surface area contributed by atoms with E-state index in [1.54, 1.807) is 0 Å². The minimum absolute atomic E-state index is 0.0689. The van der Waals surface area contributed by atoms with Gasteiger partial charge in [0, 0.05) is 0 Å². The molecular weight excluding hydrogens is 274 g/mol. The van der Waals surface area contributed by atoms with Gasteiger partial charge in [0.1, 0.15) is 5.92 Å². The lowest BCUT2D eigenvalue weighted by Gasteiger charge is -2.29. The molecule has 1 N–H and O–H groups in total. The summed E-state index contributed by atoms with van der Waals surface area (Å²) in [6, 6.07) is 4.13. The van der Waals surface area contributed by atoms with Gasteiger partial charge in [-0.05, 0) is 63.1 Å². The van der Waals surface area contributed by atoms with E-state index in [0.29, 0.717) is 5.92 Å². The van der Waals surface area contributed by atoms with Crippen molar-refractivity contribution in [2.75, 3.05) is 0 Å². The minimum Gasteiger partial charge on any atom is -0.343 e. The highest BCUT2D eigenvalue weighted by Crippen LogP contribution is 2.42. The Balaban J connectivity index is 2.02. The number of rotatable bonds is 2. The predicted molar refractivity (Wildman–Crippen MR) is 86.9 cm³/mol. The van der Waals surface area contributed by atoms with E-state index in [1.807, 2.05) is 27.7 Å². The molecule has 3 rings (SSSR count). The molecule has 3 heteroatoms. The van der Waals surface area contributed by atoms with Crippen molar-refractivity contribution in [3.63, 3.8) is 0 Å². The van der Waals surface area contributed by atoms with Crippen LogP contribution in [0.1, 0.15) is 60.8 Å². The van der Waals surface area contributed by atoms with Crippen LogP contribution in [-0.2, 0) is 9.59 Å². The van der Waals surface area contributed by atoms with E-state index in [2.05, 4.69) is 17.4 Å². The Labute approximate surface area is 132 Å². The fraction of sp³-hybridized carbons (Fsp3) is 0.579. The number of benzene rings is 1. The summed E-state index contributed by atoms with van der Waals surface area (Å²) in [5, 5.41) is 3.05. The summed E-state index contributed by atoms with van der Waals surface area (Å²) in [6.07, 6.45) is 4.41. The second-order valence-corrected chi connectivity index (χ2v) is 7.28. The number of nitrogens with one attached hydrogen (secondary N) is 1. The summed E-state index contributed by atoms with van der Waals surface area (Å²) < 4.78 is 0. The molecule has 0 radical (unpaired) electrons. The summed E-state index contributed by atoms with van der Waals surface area (Å²) in [4.78, 5) is 25.7. The van der Waals surface area contributed by atoms with Crippen LogP contribution in [0, 0.1) is 26.7 Å². The van der Waals surface area contributed by atoms with E-state index in [4.69, 9.17) is 0 Å². The highest BCUT2D eigenvalue weighted by atomic mass is 16.2. The van der Waals surface area contributed by atoms with Crippen molar-refractivity contribution in [3.8, 4) is 0 Å². The van der Waals surface area contributed by atoms with Gasteiger partial charge in [0.15, 0.2) is 5.78 Å². The van der Waals surface area contributed by atoms with E-state index in [0.717, 1.165) is 42.4 Å². The fourth-order valence-electron chi connectivity index (χ4n) is 4.52. The third kappa shape index (κ3) is 2.18. The van der Waals surface area contributed by atoms with E-state index < -0.39 is 11.5 Å². The van der Waals surface area contributed by atoms with Crippen molar-refractivity contribution in [1.82, 2.24) is 5.32 Å². The zero-order valence-electron chi connectivity index (χ0n) is 14.0. The topological polar surface area (TPSA) is 46.2 Å². The van der Waals surface area contributed by atoms with Gasteiger partial charge in [0.05, 0.1) is 5.54 Å². The third-order valence-corrected chi connectivity index (χ3v) is 5.62. The molecule has 0 spiro atoms. The Morgan fingerprint density at radius 1 is 1.05 bits per heavy atom. The van der Waals surface area contributed by atoms with Gasteiger partial charge in [0.2, 0.25) is 5.91 Å². The molecule has 1 aliphatic heterocycles. The number of Topliss-reactive ketones (excluding diaryl/α,β-unsaturated/α-hetero) is 1. The standard InChI is InChI=1S/C19H25NO2/c1-11-9-12(2)15(13(3)10-11)16-17(21)19(4,20-18(16)22)14-7-5-6-8-14/h9-10,14,16H,5-8H2,1-4H3,(H,20,22). The summed E-state index contributed by atoms with van der Waals surface area (Å²) in [5.74, 6) is -0.389. The van der Waals surface area contributed by atoms with Gasteiger partial charge >= 0.3 is 0 Å². The van der Waals surface area contributed by atoms with Gasteiger partial charge in [-0.15, -0.1) is 0 Å². The van der Waals surface area contributed by atoms with E-state index in [-0.39, 0.29) is 11.7 Å². The Morgan fingerprint density at radius 3 is 2.14 bits per heavy atom. The lowest BCUT2D eigenvalue weighted by Crippen LogP contribution is -2.49. The Kier molecular flexibility index (Phi) is 3.62. The molecule has 0 aromatic heterocycles. The number of hydrogen-bond donors (Lipinski definition) is 1. The van der Waals surface area contributed by atoms with E-state index >= 15 is 0 Å². The van der Waals surface area contributed by atoms with Gasteiger partial charge in [-0.3, -0.25) is 9.59 Å². The van der Waals surface area contributed by atoms with E-state index in [1.165, 1.54) is 5.56 Å². The lowest BCUT2D eigenvalue weighted by molar-refractivity contribution is -0.125. The molecule has 22 heavy (non-hydrogen) atoms. The third-order valence-electron chi connectivity index (χ3n) is 5.62. The molecule has 1 saturated heterocycles. The first kappa shape index (κ1) is 15.3. The van der Waals surface area contributed by atoms with Crippen LogP contribution in [0.15, 0.2) is 12.1 Å².